The van der Waals surface area contributed by atoms with Crippen molar-refractivity contribution in [3.8, 4) is 5.75 Å². The van der Waals surface area contributed by atoms with Crippen LogP contribution in [0.4, 0.5) is 18.9 Å². The molecule has 8 heteroatoms. The number of alkyl halides is 3. The van der Waals surface area contributed by atoms with E-state index in [0.29, 0.717) is 11.4 Å². The zero-order valence-corrected chi connectivity index (χ0v) is 16.1. The van der Waals surface area contributed by atoms with Crippen molar-refractivity contribution in [1.29, 1.82) is 0 Å². The van der Waals surface area contributed by atoms with E-state index < -0.39 is 30.8 Å². The molecule has 1 heterocycles. The molecule has 1 aliphatic rings. The van der Waals surface area contributed by atoms with E-state index in [0.717, 1.165) is 5.56 Å². The average Bonchev–Trinajstić information content (AvgIpc) is 3.11. The molecular weight excluding hydrogens is 385 g/mol. The number of anilines is 1. The van der Waals surface area contributed by atoms with Gasteiger partial charge in [0, 0.05) is 12.8 Å². The van der Waals surface area contributed by atoms with Crippen LogP contribution in [0.3, 0.4) is 0 Å². The SMILES string of the molecule is COC[C@@H]1N=C(C[C@H](Nc2ccc(OC)cc2)C(F)(F)F)O[C@H]1c1ccccc1. The second kappa shape index (κ2) is 9.17. The molecule has 0 saturated heterocycles. The minimum absolute atomic E-state index is 0.0595. The van der Waals surface area contributed by atoms with Crippen molar-refractivity contribution in [2.45, 2.75) is 30.8 Å². The third kappa shape index (κ3) is 5.41. The smallest absolute Gasteiger partial charge is 0.409 e. The number of nitrogens with zero attached hydrogens (tertiary/aromatic N) is 1. The van der Waals surface area contributed by atoms with Gasteiger partial charge in [-0.2, -0.15) is 13.2 Å². The Labute approximate surface area is 167 Å². The molecule has 0 unspecified atom stereocenters. The van der Waals surface area contributed by atoms with Gasteiger partial charge in [0.2, 0.25) is 0 Å². The molecule has 0 fully saturated rings. The predicted octanol–water partition coefficient (Wildman–Crippen LogP) is 4.61. The quantitative estimate of drug-likeness (QED) is 0.693. The van der Waals surface area contributed by atoms with Gasteiger partial charge in [0.05, 0.1) is 20.1 Å². The van der Waals surface area contributed by atoms with E-state index in [2.05, 4.69) is 10.3 Å². The first-order valence-corrected chi connectivity index (χ1v) is 9.15. The minimum Gasteiger partial charge on any atom is -0.497 e. The van der Waals surface area contributed by atoms with E-state index in [1.54, 1.807) is 12.1 Å². The molecule has 2 aromatic carbocycles. The number of aliphatic imine (C=N–C) groups is 1. The number of nitrogens with one attached hydrogen (secondary N) is 1. The van der Waals surface area contributed by atoms with Gasteiger partial charge < -0.3 is 19.5 Å². The van der Waals surface area contributed by atoms with Crippen LogP contribution in [0.1, 0.15) is 18.1 Å². The summed E-state index contributed by atoms with van der Waals surface area (Å²) in [5.74, 6) is 0.625. The van der Waals surface area contributed by atoms with Crippen molar-refractivity contribution in [3.63, 3.8) is 0 Å². The summed E-state index contributed by atoms with van der Waals surface area (Å²) in [5.41, 5.74) is 1.18. The van der Waals surface area contributed by atoms with Crippen molar-refractivity contribution in [3.05, 3.63) is 60.2 Å². The molecule has 29 heavy (non-hydrogen) atoms. The number of rotatable bonds is 8. The molecule has 0 aromatic heterocycles. The van der Waals surface area contributed by atoms with E-state index >= 15 is 0 Å². The lowest BCUT2D eigenvalue weighted by Gasteiger charge is -2.23. The highest BCUT2D eigenvalue weighted by molar-refractivity contribution is 5.79. The normalized spacial score (nSPS) is 20.0. The van der Waals surface area contributed by atoms with Gasteiger partial charge in [-0.25, -0.2) is 4.99 Å². The number of ether oxygens (including phenoxy) is 3. The molecule has 156 valence electrons. The molecule has 0 spiro atoms. The fraction of sp³-hybridized carbons (Fsp3) is 0.381. The molecule has 5 nitrogen and oxygen atoms in total. The third-order valence-corrected chi connectivity index (χ3v) is 4.59. The lowest BCUT2D eigenvalue weighted by atomic mass is 10.0. The van der Waals surface area contributed by atoms with Crippen molar-refractivity contribution in [1.82, 2.24) is 0 Å². The Morgan fingerprint density at radius 1 is 1.07 bits per heavy atom. The molecule has 0 amide bonds. The summed E-state index contributed by atoms with van der Waals surface area (Å²) in [6.45, 7) is 0.256. The van der Waals surface area contributed by atoms with Crippen LogP contribution in [0.15, 0.2) is 59.6 Å². The average molecular weight is 408 g/mol. The van der Waals surface area contributed by atoms with Gasteiger partial charge >= 0.3 is 6.18 Å². The summed E-state index contributed by atoms with van der Waals surface area (Å²) < 4.78 is 57.0. The van der Waals surface area contributed by atoms with Gasteiger partial charge in [0.1, 0.15) is 23.9 Å². The number of hydrogen-bond acceptors (Lipinski definition) is 5. The van der Waals surface area contributed by atoms with Gasteiger partial charge in [-0.05, 0) is 29.8 Å². The summed E-state index contributed by atoms with van der Waals surface area (Å²) in [4.78, 5) is 4.37. The number of methoxy groups -OCH3 is 2. The predicted molar refractivity (Wildman–Crippen MR) is 104 cm³/mol. The number of benzene rings is 2. The summed E-state index contributed by atoms with van der Waals surface area (Å²) >= 11 is 0. The Morgan fingerprint density at radius 3 is 2.34 bits per heavy atom. The van der Waals surface area contributed by atoms with Crippen LogP contribution in [0, 0.1) is 0 Å². The van der Waals surface area contributed by atoms with Crippen molar-refractivity contribution < 1.29 is 27.4 Å². The molecule has 0 bridgehead atoms. The highest BCUT2D eigenvalue weighted by Gasteiger charge is 2.43. The van der Waals surface area contributed by atoms with Gasteiger partial charge in [-0.3, -0.25) is 0 Å². The number of hydrogen-bond donors (Lipinski definition) is 1. The molecule has 0 radical (unpaired) electrons. The maximum absolute atomic E-state index is 13.6. The van der Waals surface area contributed by atoms with Crippen LogP contribution in [-0.4, -0.2) is 45.0 Å². The van der Waals surface area contributed by atoms with Crippen LogP contribution in [0.2, 0.25) is 0 Å². The topological polar surface area (TPSA) is 52.1 Å². The van der Waals surface area contributed by atoms with Crippen LogP contribution in [0.25, 0.3) is 0 Å². The van der Waals surface area contributed by atoms with Crippen molar-refractivity contribution >= 4 is 11.6 Å². The fourth-order valence-electron chi connectivity index (χ4n) is 3.15. The lowest BCUT2D eigenvalue weighted by Crippen LogP contribution is -2.38. The zero-order valence-electron chi connectivity index (χ0n) is 16.1. The maximum Gasteiger partial charge on any atom is 0.409 e. The monoisotopic (exact) mass is 408 g/mol. The largest absolute Gasteiger partial charge is 0.497 e. The van der Waals surface area contributed by atoms with Crippen LogP contribution < -0.4 is 10.1 Å². The third-order valence-electron chi connectivity index (χ3n) is 4.59. The fourth-order valence-corrected chi connectivity index (χ4v) is 3.15. The second-order valence-corrected chi connectivity index (χ2v) is 6.67. The van der Waals surface area contributed by atoms with E-state index in [1.807, 2.05) is 30.3 Å². The first-order chi connectivity index (χ1) is 13.9. The minimum atomic E-state index is -4.48. The first kappa shape index (κ1) is 21.0. The number of halogens is 3. The molecule has 2 aromatic rings. The Kier molecular flexibility index (Phi) is 6.64. The lowest BCUT2D eigenvalue weighted by molar-refractivity contribution is -0.141. The molecule has 0 saturated carbocycles. The molecule has 0 aliphatic carbocycles. The summed E-state index contributed by atoms with van der Waals surface area (Å²) in [7, 11) is 3.02. The maximum atomic E-state index is 13.6. The van der Waals surface area contributed by atoms with Gasteiger partial charge in [-0.1, -0.05) is 30.3 Å². The highest BCUT2D eigenvalue weighted by atomic mass is 19.4. The first-order valence-electron chi connectivity index (χ1n) is 9.15. The highest BCUT2D eigenvalue weighted by Crippen LogP contribution is 2.33. The van der Waals surface area contributed by atoms with Gasteiger partial charge in [0.15, 0.2) is 5.90 Å². The van der Waals surface area contributed by atoms with Crippen LogP contribution >= 0.6 is 0 Å². The Hall–Kier alpha value is -2.74. The molecule has 3 atom stereocenters. The molecular formula is C21H23F3N2O3. The van der Waals surface area contributed by atoms with Gasteiger partial charge in [-0.15, -0.1) is 0 Å². The van der Waals surface area contributed by atoms with E-state index in [-0.39, 0.29) is 12.5 Å². The van der Waals surface area contributed by atoms with Crippen molar-refractivity contribution in [2.24, 2.45) is 4.99 Å². The van der Waals surface area contributed by atoms with Gasteiger partial charge in [0.25, 0.3) is 0 Å². The van der Waals surface area contributed by atoms with E-state index in [9.17, 15) is 13.2 Å². The standard InChI is InChI=1S/C21H23F3N2O3/c1-27-13-17-20(14-6-4-3-5-7-14)29-19(26-17)12-18(21(22,23)24)25-15-8-10-16(28-2)11-9-15/h3-11,17-18,20,25H,12-13H2,1-2H3/t17-,18-,20-/m0/s1. The Bertz CT molecular complexity index is 810. The van der Waals surface area contributed by atoms with E-state index in [1.165, 1.54) is 26.4 Å². The summed E-state index contributed by atoms with van der Waals surface area (Å²) in [6, 6.07) is 13.3. The van der Waals surface area contributed by atoms with E-state index in [4.69, 9.17) is 14.2 Å². The molecule has 1 aliphatic heterocycles. The zero-order chi connectivity index (χ0) is 20.9. The Morgan fingerprint density at radius 2 is 1.76 bits per heavy atom. The van der Waals surface area contributed by atoms with Crippen LogP contribution in [-0.2, 0) is 9.47 Å². The Balaban J connectivity index is 1.75. The van der Waals surface area contributed by atoms with Crippen LogP contribution in [0.5, 0.6) is 5.75 Å². The summed E-state index contributed by atoms with van der Waals surface area (Å²) in [5, 5.41) is 2.53. The molecule has 1 N–H and O–H groups in total. The molecule has 3 rings (SSSR count). The van der Waals surface area contributed by atoms with Crippen molar-refractivity contribution in [2.75, 3.05) is 26.1 Å². The second-order valence-electron chi connectivity index (χ2n) is 6.67. The summed E-state index contributed by atoms with van der Waals surface area (Å²) in [6.07, 6.45) is -5.37.